The summed E-state index contributed by atoms with van der Waals surface area (Å²) < 4.78 is 5.56. The average Bonchev–Trinajstić information content (AvgIpc) is 3.06. The lowest BCUT2D eigenvalue weighted by molar-refractivity contribution is 0.131. The van der Waals surface area contributed by atoms with E-state index in [1.165, 1.54) is 12.8 Å². The molecule has 17 heavy (non-hydrogen) atoms. The third-order valence-electron chi connectivity index (χ3n) is 2.71. The standard InChI is InChI=1S/C11H17ClN4O/c1-16(4-5-17-7-8-2-3-8)10-6-9(12)14-11(13)15-10/h6,8H,2-5,7H2,1H3,(H2,13,14,15). The van der Waals surface area contributed by atoms with Crippen molar-refractivity contribution in [3.63, 3.8) is 0 Å². The quantitative estimate of drug-likeness (QED) is 0.618. The number of hydrogen-bond acceptors (Lipinski definition) is 5. The molecule has 0 bridgehead atoms. The van der Waals surface area contributed by atoms with Crippen molar-refractivity contribution in [3.05, 3.63) is 11.2 Å². The molecule has 0 aromatic carbocycles. The topological polar surface area (TPSA) is 64.3 Å². The first kappa shape index (κ1) is 12.4. The number of nitrogens with two attached hydrogens (primary N) is 1. The Morgan fingerprint density at radius 3 is 2.94 bits per heavy atom. The largest absolute Gasteiger partial charge is 0.379 e. The van der Waals surface area contributed by atoms with Crippen molar-refractivity contribution >= 4 is 23.4 Å². The van der Waals surface area contributed by atoms with Gasteiger partial charge in [-0.15, -0.1) is 0 Å². The summed E-state index contributed by atoms with van der Waals surface area (Å²) in [5, 5.41) is 0.359. The van der Waals surface area contributed by atoms with Crippen molar-refractivity contribution in [3.8, 4) is 0 Å². The summed E-state index contributed by atoms with van der Waals surface area (Å²) in [6.45, 7) is 2.33. The Labute approximate surface area is 106 Å². The fraction of sp³-hybridized carbons (Fsp3) is 0.636. The first-order valence-corrected chi connectivity index (χ1v) is 6.12. The minimum absolute atomic E-state index is 0.193. The van der Waals surface area contributed by atoms with Gasteiger partial charge in [-0.05, 0) is 18.8 Å². The molecule has 1 aromatic heterocycles. The molecule has 0 amide bonds. The van der Waals surface area contributed by atoms with E-state index in [2.05, 4.69) is 9.97 Å². The van der Waals surface area contributed by atoms with E-state index in [0.717, 1.165) is 24.9 Å². The lowest BCUT2D eigenvalue weighted by Gasteiger charge is -2.18. The van der Waals surface area contributed by atoms with Crippen molar-refractivity contribution in [2.45, 2.75) is 12.8 Å². The monoisotopic (exact) mass is 256 g/mol. The van der Waals surface area contributed by atoms with Gasteiger partial charge in [-0.2, -0.15) is 4.98 Å². The second-order valence-corrected chi connectivity index (χ2v) is 4.73. The van der Waals surface area contributed by atoms with Gasteiger partial charge in [0.05, 0.1) is 6.61 Å². The van der Waals surface area contributed by atoms with Crippen LogP contribution >= 0.6 is 11.6 Å². The zero-order chi connectivity index (χ0) is 12.3. The first-order valence-electron chi connectivity index (χ1n) is 5.74. The number of anilines is 2. The van der Waals surface area contributed by atoms with E-state index < -0.39 is 0 Å². The highest BCUT2D eigenvalue weighted by Gasteiger charge is 2.21. The number of aromatic nitrogens is 2. The van der Waals surface area contributed by atoms with E-state index in [-0.39, 0.29) is 5.95 Å². The molecule has 0 atom stereocenters. The first-order chi connectivity index (χ1) is 8.15. The van der Waals surface area contributed by atoms with E-state index in [9.17, 15) is 0 Å². The Bertz CT molecular complexity index is 363. The summed E-state index contributed by atoms with van der Waals surface area (Å²) in [6, 6.07) is 1.69. The van der Waals surface area contributed by atoms with Gasteiger partial charge in [-0.25, -0.2) is 4.98 Å². The summed E-state index contributed by atoms with van der Waals surface area (Å²) in [7, 11) is 1.93. The van der Waals surface area contributed by atoms with Crippen LogP contribution in [-0.4, -0.2) is 36.8 Å². The normalized spacial score (nSPS) is 14.9. The van der Waals surface area contributed by atoms with E-state index in [1.807, 2.05) is 11.9 Å². The van der Waals surface area contributed by atoms with Gasteiger partial charge in [0.25, 0.3) is 0 Å². The van der Waals surface area contributed by atoms with Crippen molar-refractivity contribution < 1.29 is 4.74 Å². The van der Waals surface area contributed by atoms with Crippen LogP contribution in [-0.2, 0) is 4.74 Å². The smallest absolute Gasteiger partial charge is 0.223 e. The van der Waals surface area contributed by atoms with Crippen molar-refractivity contribution in [2.24, 2.45) is 5.92 Å². The van der Waals surface area contributed by atoms with Crippen LogP contribution in [0.3, 0.4) is 0 Å². The second kappa shape index (κ2) is 5.51. The van der Waals surface area contributed by atoms with Crippen LogP contribution in [0.15, 0.2) is 6.07 Å². The number of nitrogen functional groups attached to an aromatic ring is 1. The van der Waals surface area contributed by atoms with E-state index in [0.29, 0.717) is 11.8 Å². The molecule has 0 spiro atoms. The Balaban J connectivity index is 1.78. The molecule has 1 aliphatic rings. The maximum Gasteiger partial charge on any atom is 0.223 e. The molecular formula is C11H17ClN4O. The van der Waals surface area contributed by atoms with Gasteiger partial charge in [0.15, 0.2) is 0 Å². The molecule has 5 nitrogen and oxygen atoms in total. The molecular weight excluding hydrogens is 240 g/mol. The zero-order valence-corrected chi connectivity index (χ0v) is 10.7. The fourth-order valence-electron chi connectivity index (χ4n) is 1.47. The van der Waals surface area contributed by atoms with E-state index in [1.54, 1.807) is 6.07 Å². The Kier molecular flexibility index (Phi) is 4.02. The van der Waals surface area contributed by atoms with Gasteiger partial charge in [-0.1, -0.05) is 11.6 Å². The number of likely N-dealkylation sites (N-methyl/N-ethyl adjacent to an activating group) is 1. The van der Waals surface area contributed by atoms with Gasteiger partial charge in [0.1, 0.15) is 11.0 Å². The van der Waals surface area contributed by atoms with Crippen LogP contribution in [0.25, 0.3) is 0 Å². The Morgan fingerprint density at radius 2 is 2.29 bits per heavy atom. The summed E-state index contributed by atoms with van der Waals surface area (Å²) in [5.41, 5.74) is 5.54. The van der Waals surface area contributed by atoms with Crippen molar-refractivity contribution in [2.75, 3.05) is 37.4 Å². The molecule has 1 saturated carbocycles. The van der Waals surface area contributed by atoms with Crippen LogP contribution in [0, 0.1) is 5.92 Å². The predicted octanol–water partition coefficient (Wildman–Crippen LogP) is 1.57. The Hall–Kier alpha value is -1.07. The number of nitrogens with zero attached hydrogens (tertiary/aromatic N) is 3. The third-order valence-corrected chi connectivity index (χ3v) is 2.90. The third kappa shape index (κ3) is 4.02. The fourth-order valence-corrected chi connectivity index (χ4v) is 1.65. The van der Waals surface area contributed by atoms with E-state index >= 15 is 0 Å². The highest BCUT2D eigenvalue weighted by Crippen LogP contribution is 2.28. The average molecular weight is 257 g/mol. The van der Waals surface area contributed by atoms with Crippen molar-refractivity contribution in [1.82, 2.24) is 9.97 Å². The van der Waals surface area contributed by atoms with Crippen LogP contribution < -0.4 is 10.6 Å². The number of rotatable bonds is 6. The van der Waals surface area contributed by atoms with Crippen LogP contribution in [0.2, 0.25) is 5.15 Å². The van der Waals surface area contributed by atoms with Crippen LogP contribution in [0.4, 0.5) is 11.8 Å². The molecule has 0 aliphatic heterocycles. The van der Waals surface area contributed by atoms with Gasteiger partial charge in [0, 0.05) is 26.3 Å². The summed E-state index contributed by atoms with van der Waals surface area (Å²) >= 11 is 5.82. The molecule has 1 aliphatic carbocycles. The van der Waals surface area contributed by atoms with Gasteiger partial charge < -0.3 is 15.4 Å². The molecule has 0 unspecified atom stereocenters. The number of ether oxygens (including phenoxy) is 1. The van der Waals surface area contributed by atoms with Gasteiger partial charge in [0.2, 0.25) is 5.95 Å². The molecule has 1 fully saturated rings. The summed E-state index contributed by atoms with van der Waals surface area (Å²) in [4.78, 5) is 9.89. The van der Waals surface area contributed by atoms with Gasteiger partial charge >= 0.3 is 0 Å². The highest BCUT2D eigenvalue weighted by molar-refractivity contribution is 6.29. The minimum Gasteiger partial charge on any atom is -0.379 e. The molecule has 2 N–H and O–H groups in total. The predicted molar refractivity (Wildman–Crippen MR) is 68.3 cm³/mol. The van der Waals surface area contributed by atoms with Crippen LogP contribution in [0.5, 0.6) is 0 Å². The Morgan fingerprint density at radius 1 is 1.53 bits per heavy atom. The molecule has 1 aromatic rings. The molecule has 1 heterocycles. The lowest BCUT2D eigenvalue weighted by Crippen LogP contribution is -2.24. The zero-order valence-electron chi connectivity index (χ0n) is 9.90. The highest BCUT2D eigenvalue weighted by atomic mass is 35.5. The SMILES string of the molecule is CN(CCOCC1CC1)c1cc(Cl)nc(N)n1. The number of hydrogen-bond donors (Lipinski definition) is 1. The second-order valence-electron chi connectivity index (χ2n) is 4.35. The number of halogens is 1. The molecule has 0 saturated heterocycles. The molecule has 94 valence electrons. The maximum absolute atomic E-state index is 5.82. The maximum atomic E-state index is 5.82. The molecule has 6 heteroatoms. The van der Waals surface area contributed by atoms with Crippen molar-refractivity contribution in [1.29, 1.82) is 0 Å². The lowest BCUT2D eigenvalue weighted by atomic mass is 10.4. The van der Waals surface area contributed by atoms with E-state index in [4.69, 9.17) is 22.1 Å². The molecule has 2 rings (SSSR count). The minimum atomic E-state index is 0.193. The summed E-state index contributed by atoms with van der Waals surface area (Å²) in [6.07, 6.45) is 2.63. The molecule has 0 radical (unpaired) electrons. The van der Waals surface area contributed by atoms with Crippen LogP contribution in [0.1, 0.15) is 12.8 Å². The van der Waals surface area contributed by atoms with Gasteiger partial charge in [-0.3, -0.25) is 0 Å². The summed E-state index contributed by atoms with van der Waals surface area (Å²) in [5.74, 6) is 1.71.